The van der Waals surface area contributed by atoms with Crippen molar-refractivity contribution in [2.75, 3.05) is 33.7 Å². The molecule has 1 unspecified atom stereocenters. The predicted molar refractivity (Wildman–Crippen MR) is 75.7 cm³/mol. The van der Waals surface area contributed by atoms with Gasteiger partial charge in [0.15, 0.2) is 0 Å². The number of rotatable bonds is 2. The van der Waals surface area contributed by atoms with Crippen LogP contribution in [0.25, 0.3) is 0 Å². The Kier molecular flexibility index (Phi) is 4.22. The summed E-state index contributed by atoms with van der Waals surface area (Å²) < 4.78 is 0. The Morgan fingerprint density at radius 3 is 2.30 bits per heavy atom. The normalized spacial score (nSPS) is 28.6. The van der Waals surface area contributed by atoms with Crippen LogP contribution >= 0.6 is 0 Å². The first-order valence-corrected chi connectivity index (χ1v) is 7.32. The van der Waals surface area contributed by atoms with Crippen LogP contribution in [0.4, 0.5) is 4.79 Å². The maximum atomic E-state index is 11.9. The van der Waals surface area contributed by atoms with E-state index in [0.717, 1.165) is 32.2 Å². The standard InChI is InChI=1S/C14H25N3O3/c1-14(12(18)19)7-4-8-17(14)11-5-9-16(10-6-11)13(20)15(2)3/h11H,4-10H2,1-3H3,(H,18,19). The Morgan fingerprint density at radius 2 is 1.80 bits per heavy atom. The summed E-state index contributed by atoms with van der Waals surface area (Å²) in [6, 6.07) is 0.329. The highest BCUT2D eigenvalue weighted by Gasteiger charge is 2.46. The lowest BCUT2D eigenvalue weighted by Crippen LogP contribution is -2.56. The molecule has 2 rings (SSSR count). The molecule has 114 valence electrons. The van der Waals surface area contributed by atoms with Gasteiger partial charge in [-0.1, -0.05) is 0 Å². The van der Waals surface area contributed by atoms with E-state index in [1.165, 1.54) is 0 Å². The molecule has 2 fully saturated rings. The molecule has 0 bridgehead atoms. The molecule has 0 aromatic carbocycles. The summed E-state index contributed by atoms with van der Waals surface area (Å²) in [7, 11) is 3.52. The molecule has 0 radical (unpaired) electrons. The summed E-state index contributed by atoms with van der Waals surface area (Å²) in [5.41, 5.74) is -0.724. The molecule has 0 aromatic rings. The van der Waals surface area contributed by atoms with Gasteiger partial charge in [-0.15, -0.1) is 0 Å². The number of hydrogen-bond acceptors (Lipinski definition) is 3. The van der Waals surface area contributed by atoms with E-state index in [4.69, 9.17) is 0 Å². The third-order valence-corrected chi connectivity index (χ3v) is 4.72. The Hall–Kier alpha value is -1.30. The predicted octanol–water partition coefficient (Wildman–Crippen LogP) is 1.07. The topological polar surface area (TPSA) is 64.1 Å². The van der Waals surface area contributed by atoms with Gasteiger partial charge < -0.3 is 14.9 Å². The van der Waals surface area contributed by atoms with E-state index in [9.17, 15) is 14.7 Å². The molecular weight excluding hydrogens is 258 g/mol. The molecular formula is C14H25N3O3. The molecule has 1 atom stereocenters. The van der Waals surface area contributed by atoms with E-state index < -0.39 is 11.5 Å². The molecule has 6 heteroatoms. The minimum Gasteiger partial charge on any atom is -0.480 e. The van der Waals surface area contributed by atoms with Gasteiger partial charge in [0, 0.05) is 33.2 Å². The lowest BCUT2D eigenvalue weighted by atomic mass is 9.94. The van der Waals surface area contributed by atoms with Gasteiger partial charge in [-0.25, -0.2) is 4.79 Å². The zero-order valence-corrected chi connectivity index (χ0v) is 12.6. The van der Waals surface area contributed by atoms with Crippen molar-refractivity contribution in [2.24, 2.45) is 0 Å². The van der Waals surface area contributed by atoms with Gasteiger partial charge in [0.05, 0.1) is 0 Å². The first-order valence-electron chi connectivity index (χ1n) is 7.32. The van der Waals surface area contributed by atoms with E-state index in [1.54, 1.807) is 19.0 Å². The number of amides is 2. The second-order valence-electron chi connectivity index (χ2n) is 6.27. The molecule has 6 nitrogen and oxygen atoms in total. The van der Waals surface area contributed by atoms with E-state index >= 15 is 0 Å². The number of hydrogen-bond donors (Lipinski definition) is 1. The van der Waals surface area contributed by atoms with Gasteiger partial charge in [0.2, 0.25) is 0 Å². The van der Waals surface area contributed by atoms with Gasteiger partial charge in [-0.2, -0.15) is 0 Å². The second kappa shape index (κ2) is 5.60. The average Bonchev–Trinajstić information content (AvgIpc) is 2.81. The van der Waals surface area contributed by atoms with Crippen molar-refractivity contribution in [3.05, 3.63) is 0 Å². The smallest absolute Gasteiger partial charge is 0.323 e. The number of urea groups is 1. The number of likely N-dealkylation sites (tertiary alicyclic amines) is 2. The minimum atomic E-state index is -0.724. The number of carbonyl (C=O) groups is 2. The van der Waals surface area contributed by atoms with Crippen molar-refractivity contribution in [1.82, 2.24) is 14.7 Å². The summed E-state index contributed by atoms with van der Waals surface area (Å²) in [5, 5.41) is 9.47. The van der Waals surface area contributed by atoms with Crippen LogP contribution in [-0.4, -0.2) is 77.1 Å². The fraction of sp³-hybridized carbons (Fsp3) is 0.857. The largest absolute Gasteiger partial charge is 0.480 e. The molecule has 2 aliphatic rings. The zero-order valence-electron chi connectivity index (χ0n) is 12.6. The van der Waals surface area contributed by atoms with Gasteiger partial charge in [-0.3, -0.25) is 9.69 Å². The average molecular weight is 283 g/mol. The Bertz CT molecular complexity index is 391. The van der Waals surface area contributed by atoms with Gasteiger partial charge in [-0.05, 0) is 39.2 Å². The number of carboxylic acids is 1. The second-order valence-corrected chi connectivity index (χ2v) is 6.27. The molecule has 2 aliphatic heterocycles. The first kappa shape index (κ1) is 15.1. The molecule has 2 amide bonds. The fourth-order valence-electron chi connectivity index (χ4n) is 3.45. The van der Waals surface area contributed by atoms with Crippen molar-refractivity contribution < 1.29 is 14.7 Å². The molecule has 0 aliphatic carbocycles. The van der Waals surface area contributed by atoms with Crippen molar-refractivity contribution in [3.8, 4) is 0 Å². The van der Waals surface area contributed by atoms with Crippen LogP contribution in [0.1, 0.15) is 32.6 Å². The van der Waals surface area contributed by atoms with Crippen molar-refractivity contribution >= 4 is 12.0 Å². The number of aliphatic carboxylic acids is 1. The van der Waals surface area contributed by atoms with Crippen LogP contribution in [0.3, 0.4) is 0 Å². The summed E-state index contributed by atoms with van der Waals surface area (Å²) in [6.45, 7) is 4.12. The highest BCUT2D eigenvalue weighted by molar-refractivity contribution is 5.78. The molecule has 2 saturated heterocycles. The SMILES string of the molecule is CN(C)C(=O)N1CCC(N2CCCC2(C)C(=O)O)CC1. The quantitative estimate of drug-likeness (QED) is 0.823. The lowest BCUT2D eigenvalue weighted by molar-refractivity contribution is -0.150. The monoisotopic (exact) mass is 283 g/mol. The van der Waals surface area contributed by atoms with Crippen LogP contribution in [0.5, 0.6) is 0 Å². The van der Waals surface area contributed by atoms with E-state index in [0.29, 0.717) is 13.1 Å². The van der Waals surface area contributed by atoms with Crippen LogP contribution in [-0.2, 0) is 4.79 Å². The highest BCUT2D eigenvalue weighted by atomic mass is 16.4. The maximum Gasteiger partial charge on any atom is 0.323 e. The number of carboxylic acid groups (broad SMARTS) is 1. The molecule has 2 heterocycles. The van der Waals surface area contributed by atoms with Crippen molar-refractivity contribution in [3.63, 3.8) is 0 Å². The van der Waals surface area contributed by atoms with E-state index in [2.05, 4.69) is 4.90 Å². The van der Waals surface area contributed by atoms with Crippen LogP contribution < -0.4 is 0 Å². The van der Waals surface area contributed by atoms with Gasteiger partial charge in [0.1, 0.15) is 5.54 Å². The Labute approximate surface area is 120 Å². The summed E-state index contributed by atoms with van der Waals surface area (Å²) in [6.07, 6.45) is 3.39. The summed E-state index contributed by atoms with van der Waals surface area (Å²) >= 11 is 0. The first-order chi connectivity index (χ1) is 9.36. The fourth-order valence-corrected chi connectivity index (χ4v) is 3.45. The van der Waals surface area contributed by atoms with Crippen LogP contribution in [0, 0.1) is 0 Å². The highest BCUT2D eigenvalue weighted by Crippen LogP contribution is 2.34. The lowest BCUT2D eigenvalue weighted by Gasteiger charge is -2.42. The zero-order chi connectivity index (χ0) is 14.9. The van der Waals surface area contributed by atoms with E-state index in [-0.39, 0.29) is 12.1 Å². The molecule has 0 aromatic heterocycles. The Balaban J connectivity index is 1.97. The third-order valence-electron chi connectivity index (χ3n) is 4.72. The number of piperidine rings is 1. The van der Waals surface area contributed by atoms with Crippen LogP contribution in [0.15, 0.2) is 0 Å². The van der Waals surface area contributed by atoms with Gasteiger partial charge >= 0.3 is 12.0 Å². The maximum absolute atomic E-state index is 11.9. The molecule has 0 saturated carbocycles. The minimum absolute atomic E-state index is 0.0471. The number of carbonyl (C=O) groups excluding carboxylic acids is 1. The Morgan fingerprint density at radius 1 is 1.20 bits per heavy atom. The van der Waals surface area contributed by atoms with Crippen molar-refractivity contribution in [2.45, 2.75) is 44.2 Å². The van der Waals surface area contributed by atoms with E-state index in [1.807, 2.05) is 11.8 Å². The molecule has 1 N–H and O–H groups in total. The van der Waals surface area contributed by atoms with Crippen molar-refractivity contribution in [1.29, 1.82) is 0 Å². The van der Waals surface area contributed by atoms with Crippen LogP contribution in [0.2, 0.25) is 0 Å². The molecule has 0 spiro atoms. The summed E-state index contributed by atoms with van der Waals surface area (Å²) in [4.78, 5) is 29.0. The number of nitrogens with zero attached hydrogens (tertiary/aromatic N) is 3. The third kappa shape index (κ3) is 2.61. The van der Waals surface area contributed by atoms with Gasteiger partial charge in [0.25, 0.3) is 0 Å². The molecule has 20 heavy (non-hydrogen) atoms. The summed E-state index contributed by atoms with van der Waals surface area (Å²) in [5.74, 6) is -0.721.